The maximum absolute atomic E-state index is 5.12. The predicted molar refractivity (Wildman–Crippen MR) is 59.6 cm³/mol. The van der Waals surface area contributed by atoms with Gasteiger partial charge in [-0.15, -0.1) is 11.3 Å². The van der Waals surface area contributed by atoms with Gasteiger partial charge in [0, 0.05) is 4.88 Å². The highest BCUT2D eigenvalue weighted by Gasteiger charge is 2.09. The van der Waals surface area contributed by atoms with Crippen LogP contribution in [0.1, 0.15) is 17.6 Å². The molecule has 2 rings (SSSR count). The van der Waals surface area contributed by atoms with Crippen molar-refractivity contribution in [1.29, 1.82) is 0 Å². The number of aromatic nitrogens is 2. The minimum Gasteiger partial charge on any atom is -0.333 e. The van der Waals surface area contributed by atoms with E-state index in [9.17, 15) is 0 Å². The lowest BCUT2D eigenvalue weighted by atomic mass is 10.4. The topological polar surface area (TPSA) is 38.9 Å². The van der Waals surface area contributed by atoms with Crippen LogP contribution in [0.3, 0.4) is 0 Å². The lowest BCUT2D eigenvalue weighted by Gasteiger charge is -1.84. The Labute approximate surface area is 94.3 Å². The molecule has 0 bridgehead atoms. The summed E-state index contributed by atoms with van der Waals surface area (Å²) in [6, 6.07) is 4.12. The van der Waals surface area contributed by atoms with Crippen LogP contribution in [0.2, 0.25) is 0 Å². The van der Waals surface area contributed by atoms with Crippen molar-refractivity contribution in [3.63, 3.8) is 0 Å². The minimum absolute atomic E-state index is 0.615. The molecule has 2 heterocycles. The Balaban J connectivity index is 2.29. The fourth-order valence-electron chi connectivity index (χ4n) is 1.09. The van der Waals surface area contributed by atoms with Gasteiger partial charge >= 0.3 is 0 Å². The Morgan fingerprint density at radius 1 is 1.50 bits per heavy atom. The van der Waals surface area contributed by atoms with Gasteiger partial charge in [0.15, 0.2) is 5.82 Å². The van der Waals surface area contributed by atoms with Crippen molar-refractivity contribution in [1.82, 2.24) is 10.1 Å². The number of thiophene rings is 1. The third-order valence-corrected chi connectivity index (χ3v) is 3.53. The van der Waals surface area contributed by atoms with Gasteiger partial charge in [-0.25, -0.2) is 0 Å². The molecule has 5 heteroatoms. The van der Waals surface area contributed by atoms with Crippen LogP contribution in [0.4, 0.5) is 0 Å². The smallest absolute Gasteiger partial charge is 0.268 e. The number of nitrogens with zero attached hydrogens (tertiary/aromatic N) is 2. The summed E-state index contributed by atoms with van der Waals surface area (Å²) in [4.78, 5) is 6.61. The summed E-state index contributed by atoms with van der Waals surface area (Å²) in [7, 11) is 0. The Morgan fingerprint density at radius 2 is 2.36 bits per heavy atom. The molecule has 0 fully saturated rings. The fraction of sp³-hybridized carbons (Fsp3) is 0.333. The van der Waals surface area contributed by atoms with Gasteiger partial charge in [0.25, 0.3) is 5.89 Å². The van der Waals surface area contributed by atoms with Gasteiger partial charge in [0.05, 0.1) is 10.2 Å². The number of halogens is 1. The first-order chi connectivity index (χ1) is 6.83. The molecule has 14 heavy (non-hydrogen) atoms. The maximum atomic E-state index is 5.12. The first-order valence-corrected chi connectivity index (χ1v) is 6.25. The largest absolute Gasteiger partial charge is 0.333 e. The van der Waals surface area contributed by atoms with Crippen molar-refractivity contribution in [2.24, 2.45) is 0 Å². The summed E-state index contributed by atoms with van der Waals surface area (Å²) in [6.07, 6.45) is 1.05. The van der Waals surface area contributed by atoms with E-state index in [0.717, 1.165) is 11.3 Å². The summed E-state index contributed by atoms with van der Waals surface area (Å²) >= 11 is 4.98. The van der Waals surface area contributed by atoms with E-state index >= 15 is 0 Å². The normalized spacial score (nSPS) is 10.7. The van der Waals surface area contributed by atoms with Gasteiger partial charge in [-0.3, -0.25) is 0 Å². The molecule has 0 spiro atoms. The van der Waals surface area contributed by atoms with E-state index in [2.05, 4.69) is 39.1 Å². The Kier molecular flexibility index (Phi) is 2.98. The van der Waals surface area contributed by atoms with E-state index in [1.54, 1.807) is 11.3 Å². The summed E-state index contributed by atoms with van der Waals surface area (Å²) in [5.41, 5.74) is 0. The number of alkyl halides is 1. The van der Waals surface area contributed by atoms with Crippen LogP contribution in [0, 0.1) is 0 Å². The molecule has 0 amide bonds. The Bertz CT molecular complexity index is 384. The molecule has 74 valence electrons. The molecule has 0 aromatic carbocycles. The zero-order chi connectivity index (χ0) is 9.97. The number of hydrogen-bond donors (Lipinski definition) is 0. The van der Waals surface area contributed by atoms with Gasteiger partial charge in [0.2, 0.25) is 0 Å². The van der Waals surface area contributed by atoms with E-state index < -0.39 is 0 Å². The van der Waals surface area contributed by atoms with E-state index in [0.29, 0.717) is 17.0 Å². The third-order valence-electron chi connectivity index (χ3n) is 1.81. The van der Waals surface area contributed by atoms with Crippen LogP contribution in [0.5, 0.6) is 0 Å². The second-order valence-corrected chi connectivity index (χ2v) is 4.50. The summed E-state index contributed by atoms with van der Waals surface area (Å²) in [5.74, 6) is 1.30. The van der Waals surface area contributed by atoms with Gasteiger partial charge in [-0.1, -0.05) is 28.0 Å². The molecule has 0 atom stereocenters. The van der Waals surface area contributed by atoms with Gasteiger partial charge in [-0.2, -0.15) is 4.98 Å². The summed E-state index contributed by atoms with van der Waals surface area (Å²) < 4.78 is 5.12. The van der Waals surface area contributed by atoms with Gasteiger partial charge in [-0.05, 0) is 18.6 Å². The molecule has 0 aliphatic rings. The van der Waals surface area contributed by atoms with Crippen molar-refractivity contribution in [3.8, 4) is 10.8 Å². The Morgan fingerprint density at radius 3 is 2.93 bits per heavy atom. The SMILES string of the molecule is CCc1ccc(-c2nc(CBr)no2)s1. The number of hydrogen-bond acceptors (Lipinski definition) is 4. The highest BCUT2D eigenvalue weighted by atomic mass is 79.9. The number of aryl methyl sites for hydroxylation is 1. The zero-order valence-electron chi connectivity index (χ0n) is 7.66. The quantitative estimate of drug-likeness (QED) is 0.806. The molecule has 0 unspecified atom stereocenters. The average Bonchev–Trinajstić information content (AvgIpc) is 2.86. The lowest BCUT2D eigenvalue weighted by molar-refractivity contribution is 0.426. The maximum Gasteiger partial charge on any atom is 0.268 e. The standard InChI is InChI=1S/C9H9BrN2OS/c1-2-6-3-4-7(14-6)9-11-8(5-10)12-13-9/h3-4H,2,5H2,1H3. The molecule has 0 aliphatic heterocycles. The third kappa shape index (κ3) is 1.88. The van der Waals surface area contributed by atoms with Gasteiger partial charge in [0.1, 0.15) is 0 Å². The second kappa shape index (κ2) is 4.23. The van der Waals surface area contributed by atoms with Crippen molar-refractivity contribution in [2.45, 2.75) is 18.7 Å². The van der Waals surface area contributed by atoms with E-state index in [-0.39, 0.29) is 0 Å². The number of rotatable bonds is 3. The molecule has 0 aliphatic carbocycles. The molecule has 0 radical (unpaired) electrons. The van der Waals surface area contributed by atoms with E-state index in [4.69, 9.17) is 4.52 Å². The molecule has 0 saturated carbocycles. The van der Waals surface area contributed by atoms with Crippen molar-refractivity contribution < 1.29 is 4.52 Å². The van der Waals surface area contributed by atoms with Crippen LogP contribution in [-0.4, -0.2) is 10.1 Å². The fourth-order valence-corrected chi connectivity index (χ4v) is 2.19. The first-order valence-electron chi connectivity index (χ1n) is 4.31. The summed E-state index contributed by atoms with van der Waals surface area (Å²) in [6.45, 7) is 2.13. The second-order valence-electron chi connectivity index (χ2n) is 2.77. The lowest BCUT2D eigenvalue weighted by Crippen LogP contribution is -1.78. The highest BCUT2D eigenvalue weighted by molar-refractivity contribution is 9.08. The van der Waals surface area contributed by atoms with Crippen LogP contribution in [0.15, 0.2) is 16.7 Å². The minimum atomic E-state index is 0.615. The molecular formula is C9H9BrN2OS. The van der Waals surface area contributed by atoms with E-state index in [1.165, 1.54) is 4.88 Å². The first kappa shape index (κ1) is 9.86. The van der Waals surface area contributed by atoms with Crippen molar-refractivity contribution in [3.05, 3.63) is 22.8 Å². The van der Waals surface area contributed by atoms with Crippen LogP contribution in [0.25, 0.3) is 10.8 Å². The average molecular weight is 273 g/mol. The summed E-state index contributed by atoms with van der Waals surface area (Å²) in [5, 5.41) is 4.45. The highest BCUT2D eigenvalue weighted by Crippen LogP contribution is 2.27. The van der Waals surface area contributed by atoms with Crippen LogP contribution in [-0.2, 0) is 11.8 Å². The zero-order valence-corrected chi connectivity index (χ0v) is 10.1. The monoisotopic (exact) mass is 272 g/mol. The molecule has 0 N–H and O–H groups in total. The molecular weight excluding hydrogens is 264 g/mol. The Hall–Kier alpha value is -0.680. The van der Waals surface area contributed by atoms with Crippen LogP contribution < -0.4 is 0 Å². The van der Waals surface area contributed by atoms with Crippen molar-refractivity contribution >= 4 is 27.3 Å². The van der Waals surface area contributed by atoms with Crippen LogP contribution >= 0.6 is 27.3 Å². The molecule has 3 nitrogen and oxygen atoms in total. The van der Waals surface area contributed by atoms with Crippen molar-refractivity contribution in [2.75, 3.05) is 0 Å². The van der Waals surface area contributed by atoms with Gasteiger partial charge < -0.3 is 4.52 Å². The molecule has 0 saturated heterocycles. The van der Waals surface area contributed by atoms with E-state index in [1.807, 2.05) is 6.07 Å². The predicted octanol–water partition coefficient (Wildman–Crippen LogP) is 3.26. The molecule has 2 aromatic rings. The molecule has 2 aromatic heterocycles.